The van der Waals surface area contributed by atoms with Crippen molar-refractivity contribution in [2.45, 2.75) is 26.7 Å². The maximum Gasteiger partial charge on any atom is 0.235 e. The molecule has 5 nitrogen and oxygen atoms in total. The molecule has 0 aliphatic heterocycles. The minimum Gasteiger partial charge on any atom is -0.409 e. The third kappa shape index (κ3) is 4.11. The monoisotopic (exact) mass is 361 g/mol. The molecule has 0 fully saturated rings. The van der Waals surface area contributed by atoms with Crippen LogP contribution in [0.1, 0.15) is 25.3 Å². The van der Waals surface area contributed by atoms with E-state index in [1.54, 1.807) is 6.07 Å². The summed E-state index contributed by atoms with van der Waals surface area (Å²) < 4.78 is 0.725. The Hall–Kier alpha value is -1.27. The summed E-state index contributed by atoms with van der Waals surface area (Å²) in [6.45, 7) is 3.79. The fourth-order valence-electron chi connectivity index (χ4n) is 1.73. The van der Waals surface area contributed by atoms with Crippen LogP contribution in [0.5, 0.6) is 0 Å². The number of carbonyl (C=O) groups is 1. The number of benzene rings is 1. The van der Waals surface area contributed by atoms with Crippen molar-refractivity contribution >= 4 is 45.0 Å². The van der Waals surface area contributed by atoms with Crippen molar-refractivity contribution in [1.82, 2.24) is 0 Å². The van der Waals surface area contributed by atoms with Crippen LogP contribution in [0.15, 0.2) is 21.8 Å². The lowest BCUT2D eigenvalue weighted by atomic mass is 10.0. The van der Waals surface area contributed by atoms with Gasteiger partial charge in [-0.3, -0.25) is 4.79 Å². The third-order valence-electron chi connectivity index (χ3n) is 2.87. The van der Waals surface area contributed by atoms with Crippen LogP contribution < -0.4 is 11.1 Å². The van der Waals surface area contributed by atoms with Crippen LogP contribution in [0.4, 0.5) is 5.69 Å². The zero-order chi connectivity index (χ0) is 15.3. The maximum absolute atomic E-state index is 12.2. The van der Waals surface area contributed by atoms with E-state index in [4.69, 9.17) is 22.5 Å². The molecule has 1 aromatic rings. The van der Waals surface area contributed by atoms with Gasteiger partial charge in [0.25, 0.3) is 0 Å². The first-order valence-electron chi connectivity index (χ1n) is 6.14. The van der Waals surface area contributed by atoms with Crippen molar-refractivity contribution in [2.75, 3.05) is 5.32 Å². The van der Waals surface area contributed by atoms with Gasteiger partial charge in [-0.2, -0.15) is 0 Å². The van der Waals surface area contributed by atoms with Gasteiger partial charge in [-0.25, -0.2) is 0 Å². The fraction of sp³-hybridized carbons (Fsp3) is 0.385. The van der Waals surface area contributed by atoms with Gasteiger partial charge in [-0.1, -0.05) is 30.1 Å². The van der Waals surface area contributed by atoms with Crippen molar-refractivity contribution < 1.29 is 10.0 Å². The van der Waals surface area contributed by atoms with E-state index >= 15 is 0 Å². The van der Waals surface area contributed by atoms with Gasteiger partial charge in [0.2, 0.25) is 5.91 Å². The van der Waals surface area contributed by atoms with Crippen molar-refractivity contribution in [1.29, 1.82) is 0 Å². The number of anilines is 1. The summed E-state index contributed by atoms with van der Waals surface area (Å²) in [6.07, 6.45) is 1.24. The van der Waals surface area contributed by atoms with Crippen molar-refractivity contribution in [2.24, 2.45) is 16.8 Å². The largest absolute Gasteiger partial charge is 0.409 e. The first-order chi connectivity index (χ1) is 9.40. The molecule has 0 saturated carbocycles. The van der Waals surface area contributed by atoms with Crippen molar-refractivity contribution in [3.63, 3.8) is 0 Å². The number of nitrogens with one attached hydrogen (secondary N) is 1. The molecule has 0 aromatic heterocycles. The van der Waals surface area contributed by atoms with Gasteiger partial charge in [0.1, 0.15) is 0 Å². The molecule has 20 heavy (non-hydrogen) atoms. The molecule has 7 heteroatoms. The SMILES string of the molecule is CCCC(C(=O)Nc1cc(Cl)c(C)cc1Br)/C(N)=N/O. The summed E-state index contributed by atoms with van der Waals surface area (Å²) in [4.78, 5) is 12.2. The number of amides is 1. The topological polar surface area (TPSA) is 87.7 Å². The Balaban J connectivity index is 2.96. The molecule has 0 heterocycles. The van der Waals surface area contributed by atoms with Crippen molar-refractivity contribution in [3.8, 4) is 0 Å². The molecule has 0 aliphatic rings. The molecule has 1 atom stereocenters. The number of hydrogen-bond donors (Lipinski definition) is 3. The fourth-order valence-corrected chi connectivity index (χ4v) is 2.45. The average molecular weight is 363 g/mol. The van der Waals surface area contributed by atoms with E-state index in [2.05, 4.69) is 26.4 Å². The number of amidine groups is 1. The zero-order valence-electron chi connectivity index (χ0n) is 11.3. The van der Waals surface area contributed by atoms with E-state index in [1.807, 2.05) is 19.9 Å². The first kappa shape index (κ1) is 16.8. The number of carbonyl (C=O) groups excluding carboxylic acids is 1. The number of rotatable bonds is 5. The van der Waals surface area contributed by atoms with Gasteiger partial charge in [0, 0.05) is 9.50 Å². The summed E-state index contributed by atoms with van der Waals surface area (Å²) in [5, 5.41) is 14.9. The summed E-state index contributed by atoms with van der Waals surface area (Å²) in [7, 11) is 0. The second-order valence-electron chi connectivity index (χ2n) is 4.44. The molecule has 1 rings (SSSR count). The molecule has 4 N–H and O–H groups in total. The molecule has 1 unspecified atom stereocenters. The van der Waals surface area contributed by atoms with Gasteiger partial charge in [-0.05, 0) is 47.0 Å². The molecule has 0 saturated heterocycles. The highest BCUT2D eigenvalue weighted by molar-refractivity contribution is 9.10. The molecule has 0 radical (unpaired) electrons. The Labute approximate surface area is 131 Å². The Morgan fingerprint density at radius 3 is 2.80 bits per heavy atom. The number of nitrogens with zero attached hydrogens (tertiary/aromatic N) is 1. The molecule has 0 spiro atoms. The Morgan fingerprint density at radius 2 is 2.25 bits per heavy atom. The van der Waals surface area contributed by atoms with E-state index in [9.17, 15) is 4.79 Å². The quantitative estimate of drug-likeness (QED) is 0.324. The minimum atomic E-state index is -0.669. The highest BCUT2D eigenvalue weighted by Crippen LogP contribution is 2.29. The minimum absolute atomic E-state index is 0.0984. The molecule has 1 aromatic carbocycles. The van der Waals surface area contributed by atoms with Gasteiger partial charge in [0.05, 0.1) is 11.6 Å². The average Bonchev–Trinajstić information content (AvgIpc) is 2.41. The second kappa shape index (κ2) is 7.50. The number of halogens is 2. The first-order valence-corrected chi connectivity index (χ1v) is 7.31. The van der Waals surface area contributed by atoms with Crippen LogP contribution in [-0.4, -0.2) is 17.0 Å². The van der Waals surface area contributed by atoms with Crippen LogP contribution in [0, 0.1) is 12.8 Å². The van der Waals surface area contributed by atoms with Gasteiger partial charge >= 0.3 is 0 Å². The smallest absolute Gasteiger partial charge is 0.235 e. The molecule has 0 bridgehead atoms. The summed E-state index contributed by atoms with van der Waals surface area (Å²) in [6, 6.07) is 3.48. The summed E-state index contributed by atoms with van der Waals surface area (Å²) in [5.74, 6) is -1.10. The predicted molar refractivity (Wildman–Crippen MR) is 84.3 cm³/mol. The number of nitrogens with two attached hydrogens (primary N) is 1. The number of hydrogen-bond acceptors (Lipinski definition) is 3. The van der Waals surface area contributed by atoms with E-state index < -0.39 is 5.92 Å². The predicted octanol–water partition coefficient (Wildman–Crippen LogP) is 3.51. The lowest BCUT2D eigenvalue weighted by Gasteiger charge is -2.16. The van der Waals surface area contributed by atoms with E-state index in [1.165, 1.54) is 0 Å². The molecule has 0 aliphatic carbocycles. The third-order valence-corrected chi connectivity index (χ3v) is 3.94. The Morgan fingerprint density at radius 1 is 1.60 bits per heavy atom. The summed E-state index contributed by atoms with van der Waals surface area (Å²) >= 11 is 9.41. The van der Waals surface area contributed by atoms with Crippen LogP contribution in [0.3, 0.4) is 0 Å². The molecular formula is C13H17BrClN3O2. The number of aryl methyl sites for hydroxylation is 1. The summed E-state index contributed by atoms with van der Waals surface area (Å²) in [5.41, 5.74) is 7.01. The van der Waals surface area contributed by atoms with Crippen LogP contribution in [0.2, 0.25) is 5.02 Å². The Bertz CT molecular complexity index is 535. The highest BCUT2D eigenvalue weighted by atomic mass is 79.9. The van der Waals surface area contributed by atoms with E-state index in [0.717, 1.165) is 16.5 Å². The second-order valence-corrected chi connectivity index (χ2v) is 5.70. The van der Waals surface area contributed by atoms with Crippen LogP contribution >= 0.6 is 27.5 Å². The van der Waals surface area contributed by atoms with Crippen LogP contribution in [-0.2, 0) is 4.79 Å². The lowest BCUT2D eigenvalue weighted by Crippen LogP contribution is -2.34. The highest BCUT2D eigenvalue weighted by Gasteiger charge is 2.23. The van der Waals surface area contributed by atoms with Gasteiger partial charge in [-0.15, -0.1) is 0 Å². The Kier molecular flexibility index (Phi) is 6.29. The molecule has 110 valence electrons. The maximum atomic E-state index is 12.2. The van der Waals surface area contributed by atoms with Gasteiger partial charge in [0.15, 0.2) is 5.84 Å². The molecular weight excluding hydrogens is 346 g/mol. The zero-order valence-corrected chi connectivity index (χ0v) is 13.6. The van der Waals surface area contributed by atoms with Crippen molar-refractivity contribution in [3.05, 3.63) is 27.2 Å². The normalized spacial score (nSPS) is 13.1. The van der Waals surface area contributed by atoms with Gasteiger partial charge < -0.3 is 16.3 Å². The number of oxime groups is 1. The lowest BCUT2D eigenvalue weighted by molar-refractivity contribution is -0.118. The van der Waals surface area contributed by atoms with Crippen LogP contribution in [0.25, 0.3) is 0 Å². The van der Waals surface area contributed by atoms with E-state index in [-0.39, 0.29) is 11.7 Å². The standard InChI is InChI=1S/C13H17BrClN3O2/c1-3-4-8(12(16)18-20)13(19)17-11-6-10(15)7(2)5-9(11)14/h5-6,8,20H,3-4H2,1-2H3,(H2,16,18)(H,17,19). The van der Waals surface area contributed by atoms with E-state index in [0.29, 0.717) is 17.1 Å². The molecule has 1 amide bonds.